The zero-order valence-corrected chi connectivity index (χ0v) is 10.8. The second kappa shape index (κ2) is 6.80. The number of hydrogen-bond acceptors (Lipinski definition) is 4. The van der Waals surface area contributed by atoms with Gasteiger partial charge in [0.2, 0.25) is 5.91 Å². The molecule has 0 bridgehead atoms. The van der Waals surface area contributed by atoms with Crippen molar-refractivity contribution in [2.75, 3.05) is 18.8 Å². The number of carbonyl (C=O) groups is 2. The minimum absolute atomic E-state index is 0.105. The number of nitrogens with two attached hydrogens (primary N) is 1. The molecule has 0 aliphatic rings. The van der Waals surface area contributed by atoms with Crippen molar-refractivity contribution < 1.29 is 9.59 Å². The smallest absolute Gasteiger partial charge is 0.252 e. The molecule has 0 aliphatic carbocycles. The number of nitrogens with one attached hydrogen (secondary N) is 2. The molecule has 0 radical (unpaired) electrons. The molecule has 0 saturated carbocycles. The highest BCUT2D eigenvalue weighted by atomic mass is 35.5. The van der Waals surface area contributed by atoms with Crippen LogP contribution < -0.4 is 16.4 Å². The number of anilines is 1. The fourth-order valence-electron chi connectivity index (χ4n) is 1.25. The first-order valence-corrected chi connectivity index (χ1v) is 5.88. The molecule has 18 heavy (non-hydrogen) atoms. The van der Waals surface area contributed by atoms with E-state index < -0.39 is 0 Å². The molecule has 0 spiro atoms. The monoisotopic (exact) mass is 270 g/mol. The van der Waals surface area contributed by atoms with Crippen molar-refractivity contribution in [1.82, 2.24) is 15.6 Å². The summed E-state index contributed by atoms with van der Waals surface area (Å²) in [6.45, 7) is 2.66. The lowest BCUT2D eigenvalue weighted by molar-refractivity contribution is -0.120. The van der Waals surface area contributed by atoms with Crippen molar-refractivity contribution in [3.8, 4) is 0 Å². The number of nitrogen functional groups attached to an aromatic ring is 1. The first-order valence-electron chi connectivity index (χ1n) is 5.50. The fourth-order valence-corrected chi connectivity index (χ4v) is 1.42. The van der Waals surface area contributed by atoms with Crippen LogP contribution in [0, 0.1) is 0 Å². The van der Waals surface area contributed by atoms with Crippen LogP contribution in [0.15, 0.2) is 12.3 Å². The van der Waals surface area contributed by atoms with Gasteiger partial charge in [0, 0.05) is 25.7 Å². The van der Waals surface area contributed by atoms with E-state index in [0.717, 1.165) is 0 Å². The summed E-state index contributed by atoms with van der Waals surface area (Å²) in [6, 6.07) is 1.44. The number of halogens is 1. The average Bonchev–Trinajstić information content (AvgIpc) is 2.33. The first-order chi connectivity index (χ1) is 8.54. The van der Waals surface area contributed by atoms with Gasteiger partial charge in [0.25, 0.3) is 5.91 Å². The van der Waals surface area contributed by atoms with E-state index in [1.165, 1.54) is 12.3 Å². The lowest BCUT2D eigenvalue weighted by Crippen LogP contribution is -2.30. The molecule has 98 valence electrons. The van der Waals surface area contributed by atoms with Gasteiger partial charge in [0.1, 0.15) is 5.82 Å². The van der Waals surface area contributed by atoms with Gasteiger partial charge in [-0.25, -0.2) is 4.98 Å². The van der Waals surface area contributed by atoms with Crippen molar-refractivity contribution in [2.45, 2.75) is 13.3 Å². The molecular formula is C11H15ClN4O2. The maximum atomic E-state index is 11.7. The molecule has 2 amide bonds. The molecule has 1 aromatic rings. The number of hydrogen-bond donors (Lipinski definition) is 3. The van der Waals surface area contributed by atoms with Crippen LogP contribution in [0.25, 0.3) is 0 Å². The predicted octanol–water partition coefficient (Wildman–Crippen LogP) is 0.573. The van der Waals surface area contributed by atoms with Gasteiger partial charge in [0.15, 0.2) is 0 Å². The van der Waals surface area contributed by atoms with Crippen LogP contribution in [0.5, 0.6) is 0 Å². The second-order valence-electron chi connectivity index (χ2n) is 3.55. The topological polar surface area (TPSA) is 97.1 Å². The highest BCUT2D eigenvalue weighted by molar-refractivity contribution is 6.33. The first kappa shape index (κ1) is 14.2. The van der Waals surface area contributed by atoms with Crippen molar-refractivity contribution in [1.29, 1.82) is 0 Å². The summed E-state index contributed by atoms with van der Waals surface area (Å²) >= 11 is 5.75. The highest BCUT2D eigenvalue weighted by Gasteiger charge is 2.08. The van der Waals surface area contributed by atoms with E-state index in [1.54, 1.807) is 0 Å². The Morgan fingerprint density at radius 1 is 1.44 bits per heavy atom. The molecule has 1 heterocycles. The van der Waals surface area contributed by atoms with Crippen molar-refractivity contribution in [3.63, 3.8) is 0 Å². The summed E-state index contributed by atoms with van der Waals surface area (Å²) in [4.78, 5) is 26.6. The molecule has 0 aliphatic heterocycles. The van der Waals surface area contributed by atoms with Gasteiger partial charge in [-0.05, 0) is 13.0 Å². The quantitative estimate of drug-likeness (QED) is 0.729. The van der Waals surface area contributed by atoms with Crippen LogP contribution in [0.2, 0.25) is 5.02 Å². The summed E-state index contributed by atoms with van der Waals surface area (Å²) < 4.78 is 0. The Labute approximate surface area is 110 Å². The molecular weight excluding hydrogens is 256 g/mol. The number of rotatable bonds is 5. The fraction of sp³-hybridized carbons (Fsp3) is 0.364. The summed E-state index contributed by atoms with van der Waals surface area (Å²) in [5, 5.41) is 5.46. The van der Waals surface area contributed by atoms with E-state index in [-0.39, 0.29) is 35.6 Å². The third-order valence-electron chi connectivity index (χ3n) is 2.14. The van der Waals surface area contributed by atoms with Gasteiger partial charge in [0.05, 0.1) is 10.6 Å². The molecule has 0 aromatic carbocycles. The molecule has 4 N–H and O–H groups in total. The van der Waals surface area contributed by atoms with E-state index in [9.17, 15) is 9.59 Å². The van der Waals surface area contributed by atoms with Gasteiger partial charge in [-0.1, -0.05) is 11.6 Å². The van der Waals surface area contributed by atoms with Crippen molar-refractivity contribution in [3.05, 3.63) is 22.8 Å². The molecule has 0 atom stereocenters. The van der Waals surface area contributed by atoms with Gasteiger partial charge in [-0.2, -0.15) is 0 Å². The van der Waals surface area contributed by atoms with Crippen molar-refractivity contribution >= 4 is 29.2 Å². The number of pyridine rings is 1. The Balaban J connectivity index is 2.45. The van der Waals surface area contributed by atoms with Crippen LogP contribution in [0.4, 0.5) is 5.82 Å². The van der Waals surface area contributed by atoms with Gasteiger partial charge >= 0.3 is 0 Å². The highest BCUT2D eigenvalue weighted by Crippen LogP contribution is 2.16. The predicted molar refractivity (Wildman–Crippen MR) is 69.3 cm³/mol. The van der Waals surface area contributed by atoms with Crippen LogP contribution in [-0.2, 0) is 4.79 Å². The van der Waals surface area contributed by atoms with Crippen LogP contribution >= 0.6 is 11.6 Å². The Hall–Kier alpha value is -1.82. The second-order valence-corrected chi connectivity index (χ2v) is 3.96. The van der Waals surface area contributed by atoms with Crippen molar-refractivity contribution in [2.24, 2.45) is 0 Å². The normalized spacial score (nSPS) is 9.89. The largest absolute Gasteiger partial charge is 0.382 e. The number of nitrogens with zero attached hydrogens (tertiary/aromatic N) is 1. The third kappa shape index (κ3) is 4.21. The molecule has 0 fully saturated rings. The molecule has 0 saturated heterocycles. The molecule has 1 rings (SSSR count). The maximum absolute atomic E-state index is 11.7. The SMILES string of the molecule is CCNC(=O)CCNC(=O)c1cnc(N)c(Cl)c1. The van der Waals surface area contributed by atoms with Crippen LogP contribution in [0.1, 0.15) is 23.7 Å². The minimum Gasteiger partial charge on any atom is -0.382 e. The molecule has 7 heteroatoms. The van der Waals surface area contributed by atoms with Gasteiger partial charge in [-0.3, -0.25) is 9.59 Å². The maximum Gasteiger partial charge on any atom is 0.252 e. The zero-order chi connectivity index (χ0) is 13.5. The number of aromatic nitrogens is 1. The number of amides is 2. The zero-order valence-electron chi connectivity index (χ0n) is 10.00. The number of carbonyl (C=O) groups excluding carboxylic acids is 2. The summed E-state index contributed by atoms with van der Waals surface area (Å²) in [7, 11) is 0. The Kier molecular flexibility index (Phi) is 5.38. The van der Waals surface area contributed by atoms with Gasteiger partial charge < -0.3 is 16.4 Å². The van der Waals surface area contributed by atoms with E-state index >= 15 is 0 Å². The average molecular weight is 271 g/mol. The molecule has 0 unspecified atom stereocenters. The Morgan fingerprint density at radius 2 is 2.17 bits per heavy atom. The Morgan fingerprint density at radius 3 is 2.78 bits per heavy atom. The lowest BCUT2D eigenvalue weighted by Gasteiger charge is -2.06. The standard InChI is InChI=1S/C11H15ClN4O2/c1-2-14-9(17)3-4-15-11(18)7-5-8(12)10(13)16-6-7/h5-6H,2-4H2,1H3,(H2,13,16)(H,14,17)(H,15,18). The van der Waals surface area contributed by atoms with E-state index in [4.69, 9.17) is 17.3 Å². The summed E-state index contributed by atoms with van der Waals surface area (Å²) in [5.41, 5.74) is 5.74. The lowest BCUT2D eigenvalue weighted by atomic mass is 10.2. The van der Waals surface area contributed by atoms with E-state index in [2.05, 4.69) is 15.6 Å². The molecule has 6 nitrogen and oxygen atoms in total. The molecule has 1 aromatic heterocycles. The van der Waals surface area contributed by atoms with E-state index in [1.807, 2.05) is 6.92 Å². The summed E-state index contributed by atoms with van der Waals surface area (Å²) in [6.07, 6.45) is 1.57. The van der Waals surface area contributed by atoms with Crippen LogP contribution in [0.3, 0.4) is 0 Å². The summed E-state index contributed by atoms with van der Waals surface area (Å²) in [5.74, 6) is -0.268. The van der Waals surface area contributed by atoms with Crippen LogP contribution in [-0.4, -0.2) is 29.9 Å². The Bertz CT molecular complexity index is 451. The minimum atomic E-state index is -0.339. The third-order valence-corrected chi connectivity index (χ3v) is 2.45. The van der Waals surface area contributed by atoms with E-state index in [0.29, 0.717) is 12.1 Å². The van der Waals surface area contributed by atoms with Gasteiger partial charge in [-0.15, -0.1) is 0 Å².